The molecule has 0 saturated carbocycles. The maximum Gasteiger partial charge on any atom is 0.335 e. The number of carbonyl (C=O) groups excluding carboxylic acids is 1. The van der Waals surface area contributed by atoms with Gasteiger partial charge in [0.1, 0.15) is 5.69 Å². The average molecular weight is 474 g/mol. The number of hydrogen-bond donors (Lipinski definition) is 2. The number of fused-ring (bicyclic) bond motifs is 2. The van der Waals surface area contributed by atoms with E-state index < -0.39 is 5.97 Å². The van der Waals surface area contributed by atoms with Gasteiger partial charge in [-0.15, -0.1) is 5.10 Å². The summed E-state index contributed by atoms with van der Waals surface area (Å²) < 4.78 is 8.01. The molecule has 0 unspecified atom stereocenters. The Hall–Kier alpha value is -2.82. The molecule has 0 spiro atoms. The smallest absolute Gasteiger partial charge is 0.335 e. The van der Waals surface area contributed by atoms with Gasteiger partial charge >= 0.3 is 5.97 Å². The zero-order valence-electron chi connectivity index (χ0n) is 20.1. The second kappa shape index (κ2) is 12.0. The van der Waals surface area contributed by atoms with Crippen LogP contribution in [0.15, 0.2) is 30.5 Å². The number of aromatic carboxylic acids is 1. The zero-order valence-corrected chi connectivity index (χ0v) is 20.1. The number of amides is 1. The van der Waals surface area contributed by atoms with E-state index in [0.717, 1.165) is 11.3 Å². The van der Waals surface area contributed by atoms with E-state index in [1.807, 2.05) is 33.2 Å². The third-order valence-corrected chi connectivity index (χ3v) is 6.16. The molecule has 0 fully saturated rings. The van der Waals surface area contributed by atoms with Gasteiger partial charge in [0.05, 0.1) is 37.1 Å². The molecule has 10 nitrogen and oxygen atoms in total. The van der Waals surface area contributed by atoms with Crippen molar-refractivity contribution in [1.29, 1.82) is 0 Å². The van der Waals surface area contributed by atoms with Gasteiger partial charge in [-0.3, -0.25) is 14.4 Å². The van der Waals surface area contributed by atoms with Crippen molar-refractivity contribution in [3.05, 3.63) is 47.3 Å². The number of carboxylic acids is 1. The molecule has 1 aromatic heterocycles. The summed E-state index contributed by atoms with van der Waals surface area (Å²) in [5.41, 5.74) is 1.89. The lowest BCUT2D eigenvalue weighted by atomic mass is 10.0. The molecule has 2 N–H and O–H groups in total. The van der Waals surface area contributed by atoms with Crippen LogP contribution in [0.2, 0.25) is 0 Å². The Morgan fingerprint density at radius 3 is 2.91 bits per heavy atom. The van der Waals surface area contributed by atoms with Gasteiger partial charge in [-0.25, -0.2) is 4.79 Å². The molecule has 0 saturated heterocycles. The minimum Gasteiger partial charge on any atom is -0.478 e. The van der Waals surface area contributed by atoms with E-state index in [9.17, 15) is 19.8 Å². The number of nitrogens with zero attached hydrogens (tertiary/aromatic N) is 5. The van der Waals surface area contributed by atoms with E-state index in [1.54, 1.807) is 27.8 Å². The van der Waals surface area contributed by atoms with Crippen molar-refractivity contribution >= 4 is 11.9 Å². The van der Waals surface area contributed by atoms with E-state index in [1.165, 1.54) is 0 Å². The van der Waals surface area contributed by atoms with Crippen LogP contribution < -0.4 is 0 Å². The molecule has 0 radical (unpaired) electrons. The summed E-state index contributed by atoms with van der Waals surface area (Å²) in [5, 5.41) is 27.3. The molecule has 3 rings (SSSR count). The lowest BCUT2D eigenvalue weighted by Gasteiger charge is -2.35. The van der Waals surface area contributed by atoms with Crippen molar-refractivity contribution in [3.63, 3.8) is 0 Å². The fourth-order valence-electron chi connectivity index (χ4n) is 4.18. The van der Waals surface area contributed by atoms with Crippen LogP contribution in [0, 0.1) is 5.92 Å². The van der Waals surface area contributed by atoms with Crippen molar-refractivity contribution in [2.75, 3.05) is 26.7 Å². The van der Waals surface area contributed by atoms with Crippen LogP contribution in [0.25, 0.3) is 0 Å². The maximum absolute atomic E-state index is 13.0. The lowest BCUT2D eigenvalue weighted by Crippen LogP contribution is -2.47. The number of benzene rings is 1. The first-order valence-corrected chi connectivity index (χ1v) is 11.7. The predicted molar refractivity (Wildman–Crippen MR) is 125 cm³/mol. The molecule has 34 heavy (non-hydrogen) atoms. The van der Waals surface area contributed by atoms with E-state index >= 15 is 0 Å². The number of aryl methyl sites for hydroxylation is 1. The third kappa shape index (κ3) is 7.09. The minimum absolute atomic E-state index is 0.00516. The molecule has 1 aliphatic rings. The Morgan fingerprint density at radius 1 is 1.38 bits per heavy atom. The lowest BCUT2D eigenvalue weighted by molar-refractivity contribution is -0.136. The summed E-state index contributed by atoms with van der Waals surface area (Å²) in [4.78, 5) is 28.1. The Morgan fingerprint density at radius 2 is 2.18 bits per heavy atom. The van der Waals surface area contributed by atoms with Crippen LogP contribution in [0.4, 0.5) is 0 Å². The molecular formula is C24H35N5O5. The molecule has 2 aromatic rings. The van der Waals surface area contributed by atoms with E-state index in [4.69, 9.17) is 4.74 Å². The fraction of sp³-hybridized carbons (Fsp3) is 0.583. The first-order chi connectivity index (χ1) is 16.3. The van der Waals surface area contributed by atoms with Gasteiger partial charge in [0, 0.05) is 38.5 Å². The van der Waals surface area contributed by atoms with Gasteiger partial charge in [0.15, 0.2) is 0 Å². The number of rotatable bonds is 7. The van der Waals surface area contributed by atoms with E-state index in [-0.39, 0.29) is 36.1 Å². The molecule has 1 aromatic carbocycles. The van der Waals surface area contributed by atoms with Gasteiger partial charge in [-0.05, 0) is 38.1 Å². The highest BCUT2D eigenvalue weighted by Gasteiger charge is 2.28. The number of aromatic nitrogens is 3. The van der Waals surface area contributed by atoms with Gasteiger partial charge in [0.25, 0.3) is 0 Å². The van der Waals surface area contributed by atoms with Crippen LogP contribution >= 0.6 is 0 Å². The highest BCUT2D eigenvalue weighted by molar-refractivity contribution is 5.87. The number of hydrogen-bond acceptors (Lipinski definition) is 7. The minimum atomic E-state index is -0.951. The monoisotopic (exact) mass is 473 g/mol. The predicted octanol–water partition coefficient (Wildman–Crippen LogP) is 1.63. The van der Waals surface area contributed by atoms with Crippen molar-refractivity contribution in [1.82, 2.24) is 24.8 Å². The third-order valence-electron chi connectivity index (χ3n) is 6.16. The topological polar surface area (TPSA) is 121 Å². The molecule has 3 atom stereocenters. The van der Waals surface area contributed by atoms with E-state index in [0.29, 0.717) is 45.6 Å². The zero-order chi connectivity index (χ0) is 24.7. The second-order valence-corrected chi connectivity index (χ2v) is 9.18. The number of carboxylic acid groups (broad SMARTS) is 1. The second-order valence-electron chi connectivity index (χ2n) is 9.18. The molecular weight excluding hydrogens is 438 g/mol. The summed E-state index contributed by atoms with van der Waals surface area (Å²) in [7, 11) is 1.96. The van der Waals surface area contributed by atoms with Crippen LogP contribution in [-0.4, -0.2) is 85.8 Å². The number of carbonyl (C=O) groups is 2. The SMILES string of the molecule is C[C@H](CO)N1C[C@H](C)[C@@H](CN(C)Cc2cccc(C(=O)O)c2)OCc2cn(nn2)CCCC1=O. The highest BCUT2D eigenvalue weighted by atomic mass is 16.5. The molecule has 1 aliphatic heterocycles. The normalized spacial score (nSPS) is 21.0. The van der Waals surface area contributed by atoms with Gasteiger partial charge in [0.2, 0.25) is 5.91 Å². The van der Waals surface area contributed by atoms with Gasteiger partial charge in [-0.2, -0.15) is 0 Å². The Kier molecular flexibility index (Phi) is 9.14. The van der Waals surface area contributed by atoms with Crippen molar-refractivity contribution in [2.45, 2.75) is 58.5 Å². The summed E-state index contributed by atoms with van der Waals surface area (Å²) in [6.45, 7) is 6.29. The standard InChI is InChI=1S/C24H35N5O5/c1-17-11-29(18(2)15-30)23(31)8-5-9-28-13-21(25-26-28)16-34-22(17)14-27(3)12-19-6-4-7-20(10-19)24(32)33/h4,6-7,10,13,17-18,22,30H,5,8-9,11-12,14-16H2,1-3H3,(H,32,33)/t17-,18+,22+/m0/s1. The fourth-order valence-corrected chi connectivity index (χ4v) is 4.18. The van der Waals surface area contributed by atoms with Crippen molar-refractivity contribution in [2.24, 2.45) is 5.92 Å². The summed E-state index contributed by atoms with van der Waals surface area (Å²) >= 11 is 0. The van der Waals surface area contributed by atoms with Crippen LogP contribution in [0.5, 0.6) is 0 Å². The Labute approximate surface area is 200 Å². The number of ether oxygens (including phenoxy) is 1. The number of aliphatic hydroxyl groups is 1. The van der Waals surface area contributed by atoms with Crippen molar-refractivity contribution < 1.29 is 24.5 Å². The summed E-state index contributed by atoms with van der Waals surface area (Å²) in [5.74, 6) is -0.959. The summed E-state index contributed by atoms with van der Waals surface area (Å²) in [6, 6.07) is 6.62. The Bertz CT molecular complexity index is 965. The highest BCUT2D eigenvalue weighted by Crippen LogP contribution is 2.18. The molecule has 1 amide bonds. The molecule has 2 bridgehead atoms. The first kappa shape index (κ1) is 25.8. The maximum atomic E-state index is 13.0. The number of likely N-dealkylation sites (N-methyl/N-ethyl adjacent to an activating group) is 1. The van der Waals surface area contributed by atoms with Crippen LogP contribution in [-0.2, 0) is 29.2 Å². The summed E-state index contributed by atoms with van der Waals surface area (Å²) in [6.07, 6.45) is 2.64. The van der Waals surface area contributed by atoms with Crippen LogP contribution in [0.3, 0.4) is 0 Å². The molecule has 10 heteroatoms. The first-order valence-electron chi connectivity index (χ1n) is 11.7. The molecule has 186 valence electrons. The quantitative estimate of drug-likeness (QED) is 0.623. The largest absolute Gasteiger partial charge is 0.478 e. The molecule has 2 heterocycles. The van der Waals surface area contributed by atoms with Gasteiger partial charge < -0.3 is 19.8 Å². The van der Waals surface area contributed by atoms with Crippen molar-refractivity contribution in [3.8, 4) is 0 Å². The molecule has 0 aliphatic carbocycles. The Balaban J connectivity index is 1.76. The average Bonchev–Trinajstić information content (AvgIpc) is 3.26. The van der Waals surface area contributed by atoms with Crippen LogP contribution in [0.1, 0.15) is 48.3 Å². The number of aliphatic hydroxyl groups excluding tert-OH is 1. The van der Waals surface area contributed by atoms with Gasteiger partial charge in [-0.1, -0.05) is 24.3 Å². The van der Waals surface area contributed by atoms with E-state index in [2.05, 4.69) is 15.2 Å².